The van der Waals surface area contributed by atoms with Crippen LogP contribution in [-0.4, -0.2) is 12.9 Å². The molecule has 0 aliphatic carbocycles. The minimum absolute atomic E-state index is 0.118. The van der Waals surface area contributed by atoms with Gasteiger partial charge >= 0.3 is 0 Å². The highest BCUT2D eigenvalue weighted by Crippen LogP contribution is 2.26. The molecule has 4 nitrogen and oxygen atoms in total. The second-order valence-electron chi connectivity index (χ2n) is 4.58. The Bertz CT molecular complexity index is 839. The normalized spacial score (nSPS) is 10.8. The van der Waals surface area contributed by atoms with Gasteiger partial charge in [0.15, 0.2) is 5.76 Å². The van der Waals surface area contributed by atoms with Crippen molar-refractivity contribution in [2.75, 3.05) is 12.8 Å². The summed E-state index contributed by atoms with van der Waals surface area (Å²) in [6.07, 6.45) is 0. The van der Waals surface area contributed by atoms with E-state index in [1.165, 1.54) is 31.4 Å². The zero-order chi connectivity index (χ0) is 15.0. The number of carbonyl (C=O) groups excluding carboxylic acids is 1. The number of hydrogen-bond acceptors (Lipinski definition) is 4. The third-order valence-electron chi connectivity index (χ3n) is 3.21. The van der Waals surface area contributed by atoms with E-state index in [0.717, 1.165) is 0 Å². The van der Waals surface area contributed by atoms with Crippen LogP contribution in [0, 0.1) is 5.82 Å². The molecule has 0 spiro atoms. The minimum Gasteiger partial charge on any atom is -0.497 e. The van der Waals surface area contributed by atoms with E-state index in [4.69, 9.17) is 14.9 Å². The SMILES string of the molecule is COc1ccc(C(=O)c2cc3cc(F)ccc3o2)c(N)c1. The molecule has 0 atom stereocenters. The first-order valence-corrected chi connectivity index (χ1v) is 6.26. The third kappa shape index (κ3) is 2.33. The average molecular weight is 285 g/mol. The standard InChI is InChI=1S/C16H12FNO3/c1-20-11-3-4-12(13(18)8-11)16(19)15-7-9-6-10(17)2-5-14(9)21-15/h2-8H,18H2,1H3. The van der Waals surface area contributed by atoms with Crippen LogP contribution in [0.25, 0.3) is 11.0 Å². The summed E-state index contributed by atoms with van der Waals surface area (Å²) in [7, 11) is 1.52. The first-order valence-electron chi connectivity index (χ1n) is 6.26. The quantitative estimate of drug-likeness (QED) is 0.591. The molecule has 0 amide bonds. The van der Waals surface area contributed by atoms with E-state index in [0.29, 0.717) is 28.0 Å². The Morgan fingerprint density at radius 2 is 2.00 bits per heavy atom. The number of nitrogen functional groups attached to an aromatic ring is 1. The van der Waals surface area contributed by atoms with Crippen molar-refractivity contribution in [2.45, 2.75) is 0 Å². The predicted octanol–water partition coefficient (Wildman–Crippen LogP) is 3.39. The van der Waals surface area contributed by atoms with Crippen LogP contribution in [0.15, 0.2) is 46.9 Å². The van der Waals surface area contributed by atoms with Gasteiger partial charge in [0.05, 0.1) is 7.11 Å². The van der Waals surface area contributed by atoms with Crippen molar-refractivity contribution in [2.24, 2.45) is 0 Å². The van der Waals surface area contributed by atoms with Gasteiger partial charge in [-0.15, -0.1) is 0 Å². The molecule has 3 rings (SSSR count). The number of methoxy groups -OCH3 is 1. The van der Waals surface area contributed by atoms with Crippen LogP contribution in [0.3, 0.4) is 0 Å². The summed E-state index contributed by atoms with van der Waals surface area (Å²) in [5.74, 6) is -0.0544. The van der Waals surface area contributed by atoms with Crippen LogP contribution in [-0.2, 0) is 0 Å². The fourth-order valence-corrected chi connectivity index (χ4v) is 2.13. The lowest BCUT2D eigenvalue weighted by molar-refractivity contribution is 0.101. The molecule has 3 aromatic rings. The summed E-state index contributed by atoms with van der Waals surface area (Å²) in [6.45, 7) is 0. The van der Waals surface area contributed by atoms with Gasteiger partial charge in [-0.05, 0) is 36.4 Å². The molecular weight excluding hydrogens is 273 g/mol. The number of ether oxygens (including phenoxy) is 1. The van der Waals surface area contributed by atoms with E-state index in [-0.39, 0.29) is 17.4 Å². The Hall–Kier alpha value is -2.82. The highest BCUT2D eigenvalue weighted by atomic mass is 19.1. The molecule has 1 heterocycles. The van der Waals surface area contributed by atoms with Gasteiger partial charge in [-0.2, -0.15) is 0 Å². The smallest absolute Gasteiger partial charge is 0.230 e. The number of furan rings is 1. The van der Waals surface area contributed by atoms with Gasteiger partial charge in [0.1, 0.15) is 17.1 Å². The Morgan fingerprint density at radius 3 is 2.71 bits per heavy atom. The minimum atomic E-state index is -0.383. The molecule has 0 aliphatic rings. The van der Waals surface area contributed by atoms with E-state index in [1.807, 2.05) is 0 Å². The van der Waals surface area contributed by atoms with Crippen molar-refractivity contribution in [1.82, 2.24) is 0 Å². The largest absolute Gasteiger partial charge is 0.497 e. The van der Waals surface area contributed by atoms with Gasteiger partial charge in [-0.3, -0.25) is 4.79 Å². The lowest BCUT2D eigenvalue weighted by Crippen LogP contribution is -2.04. The van der Waals surface area contributed by atoms with Crippen LogP contribution in [0.1, 0.15) is 16.1 Å². The summed E-state index contributed by atoms with van der Waals surface area (Å²) >= 11 is 0. The van der Waals surface area contributed by atoms with Crippen LogP contribution >= 0.6 is 0 Å². The molecule has 106 valence electrons. The molecule has 1 aromatic heterocycles. The van der Waals surface area contributed by atoms with Gasteiger partial charge in [0, 0.05) is 22.7 Å². The van der Waals surface area contributed by atoms with E-state index in [1.54, 1.807) is 18.2 Å². The van der Waals surface area contributed by atoms with Gasteiger partial charge in [-0.25, -0.2) is 4.39 Å². The Balaban J connectivity index is 2.03. The van der Waals surface area contributed by atoms with Crippen molar-refractivity contribution in [1.29, 1.82) is 0 Å². The predicted molar refractivity (Wildman–Crippen MR) is 77.0 cm³/mol. The fourth-order valence-electron chi connectivity index (χ4n) is 2.13. The van der Waals surface area contributed by atoms with Crippen LogP contribution < -0.4 is 10.5 Å². The van der Waals surface area contributed by atoms with E-state index >= 15 is 0 Å². The van der Waals surface area contributed by atoms with Crippen molar-refractivity contribution in [3.8, 4) is 5.75 Å². The highest BCUT2D eigenvalue weighted by Gasteiger charge is 2.17. The third-order valence-corrected chi connectivity index (χ3v) is 3.21. The van der Waals surface area contributed by atoms with Crippen molar-refractivity contribution in [3.63, 3.8) is 0 Å². The average Bonchev–Trinajstić information content (AvgIpc) is 2.89. The number of anilines is 1. The lowest BCUT2D eigenvalue weighted by atomic mass is 10.1. The molecule has 0 saturated heterocycles. The summed E-state index contributed by atoms with van der Waals surface area (Å²) in [5.41, 5.74) is 6.91. The molecular formula is C16H12FNO3. The van der Waals surface area contributed by atoms with Gasteiger partial charge in [-0.1, -0.05) is 0 Å². The highest BCUT2D eigenvalue weighted by molar-refractivity contribution is 6.12. The van der Waals surface area contributed by atoms with Crippen LogP contribution in [0.2, 0.25) is 0 Å². The number of halogens is 1. The van der Waals surface area contributed by atoms with Crippen LogP contribution in [0.4, 0.5) is 10.1 Å². The van der Waals surface area contributed by atoms with Crippen LogP contribution in [0.5, 0.6) is 5.75 Å². The molecule has 0 bridgehead atoms. The Labute approximate surface area is 119 Å². The number of nitrogens with two attached hydrogens (primary N) is 1. The van der Waals surface area contributed by atoms with Gasteiger partial charge < -0.3 is 14.9 Å². The zero-order valence-electron chi connectivity index (χ0n) is 11.2. The number of ketones is 1. The number of carbonyl (C=O) groups is 1. The molecule has 0 unspecified atom stereocenters. The second-order valence-corrected chi connectivity index (χ2v) is 4.58. The van der Waals surface area contributed by atoms with Crippen molar-refractivity contribution in [3.05, 3.63) is 59.6 Å². The number of fused-ring (bicyclic) bond motifs is 1. The van der Waals surface area contributed by atoms with E-state index in [9.17, 15) is 9.18 Å². The Morgan fingerprint density at radius 1 is 1.19 bits per heavy atom. The number of benzene rings is 2. The van der Waals surface area contributed by atoms with Crippen molar-refractivity contribution >= 4 is 22.4 Å². The fraction of sp³-hybridized carbons (Fsp3) is 0.0625. The molecule has 0 radical (unpaired) electrons. The molecule has 0 aliphatic heterocycles. The van der Waals surface area contributed by atoms with E-state index in [2.05, 4.69) is 0 Å². The maximum absolute atomic E-state index is 13.2. The molecule has 2 N–H and O–H groups in total. The first kappa shape index (κ1) is 13.2. The zero-order valence-corrected chi connectivity index (χ0v) is 11.2. The summed E-state index contributed by atoms with van der Waals surface area (Å²) in [5, 5.41) is 0.533. The molecule has 5 heteroatoms. The lowest BCUT2D eigenvalue weighted by Gasteiger charge is -2.05. The summed E-state index contributed by atoms with van der Waals surface area (Å²) < 4.78 is 23.6. The number of rotatable bonds is 3. The topological polar surface area (TPSA) is 65.5 Å². The maximum atomic E-state index is 13.2. The Kier molecular flexibility index (Phi) is 3.10. The van der Waals surface area contributed by atoms with Crippen molar-refractivity contribution < 1.29 is 18.3 Å². The molecule has 2 aromatic carbocycles. The molecule has 0 fully saturated rings. The second kappa shape index (κ2) is 4.94. The monoisotopic (exact) mass is 285 g/mol. The molecule has 21 heavy (non-hydrogen) atoms. The van der Waals surface area contributed by atoms with Gasteiger partial charge in [0.2, 0.25) is 5.78 Å². The molecule has 0 saturated carbocycles. The number of hydrogen-bond donors (Lipinski definition) is 1. The van der Waals surface area contributed by atoms with Gasteiger partial charge in [0.25, 0.3) is 0 Å². The summed E-state index contributed by atoms with van der Waals surface area (Å²) in [6, 6.07) is 10.4. The first-order chi connectivity index (χ1) is 10.1. The maximum Gasteiger partial charge on any atom is 0.230 e. The van der Waals surface area contributed by atoms with E-state index < -0.39 is 0 Å². The summed E-state index contributed by atoms with van der Waals surface area (Å²) in [4.78, 5) is 12.4.